The predicted octanol–water partition coefficient (Wildman–Crippen LogP) is 2.51. The fraction of sp³-hybridized carbons (Fsp3) is 0.500. The van der Waals surface area contributed by atoms with E-state index in [1.165, 1.54) is 0 Å². The summed E-state index contributed by atoms with van der Waals surface area (Å²) in [6.45, 7) is 6.93. The summed E-state index contributed by atoms with van der Waals surface area (Å²) in [5, 5.41) is 0.666. The number of carbonyl (C=O) groups excluding carboxylic acids is 1. The van der Waals surface area contributed by atoms with Crippen molar-refractivity contribution in [1.29, 1.82) is 0 Å². The zero-order valence-electron chi connectivity index (χ0n) is 10.7. The molecular weight excluding hydrogens is 248 g/mol. The van der Waals surface area contributed by atoms with Gasteiger partial charge in [0.15, 0.2) is 0 Å². The van der Waals surface area contributed by atoms with E-state index >= 15 is 0 Å². The number of carbonyl (C=O) groups is 1. The van der Waals surface area contributed by atoms with E-state index in [4.69, 9.17) is 11.6 Å². The number of hydrogen-bond acceptors (Lipinski definition) is 2. The molecule has 1 aromatic carbocycles. The third kappa shape index (κ3) is 3.24. The number of rotatable bonds is 2. The second-order valence-corrected chi connectivity index (χ2v) is 5.02. The molecule has 2 rings (SSSR count). The lowest BCUT2D eigenvalue weighted by molar-refractivity contribution is 0.0762. The molecule has 4 heteroatoms. The number of likely N-dealkylation sites (N-methyl/N-ethyl adjacent to an activating group) is 1. The van der Waals surface area contributed by atoms with Gasteiger partial charge in [-0.1, -0.05) is 18.5 Å². The number of nitrogens with zero attached hydrogens (tertiary/aromatic N) is 2. The van der Waals surface area contributed by atoms with E-state index in [0.717, 1.165) is 44.7 Å². The first-order valence-corrected chi connectivity index (χ1v) is 6.85. The minimum Gasteiger partial charge on any atom is -0.337 e. The molecule has 0 radical (unpaired) electrons. The molecule has 0 aromatic heterocycles. The molecule has 1 amide bonds. The standard InChI is InChI=1S/C14H19ClN2O/c1-2-16-8-3-9-17(11-10-16)14(18)12-4-6-13(15)7-5-12/h4-7H,2-3,8-11H2,1H3. The fourth-order valence-corrected chi connectivity index (χ4v) is 2.39. The Morgan fingerprint density at radius 1 is 1.17 bits per heavy atom. The van der Waals surface area contributed by atoms with Crippen LogP contribution in [0, 0.1) is 0 Å². The summed E-state index contributed by atoms with van der Waals surface area (Å²) in [5.74, 6) is 0.115. The van der Waals surface area contributed by atoms with Crippen molar-refractivity contribution in [1.82, 2.24) is 9.80 Å². The second-order valence-electron chi connectivity index (χ2n) is 4.59. The Hall–Kier alpha value is -1.06. The third-order valence-electron chi connectivity index (χ3n) is 3.41. The Morgan fingerprint density at radius 3 is 2.56 bits per heavy atom. The van der Waals surface area contributed by atoms with Gasteiger partial charge < -0.3 is 9.80 Å². The van der Waals surface area contributed by atoms with Crippen LogP contribution in [0.3, 0.4) is 0 Å². The van der Waals surface area contributed by atoms with E-state index in [-0.39, 0.29) is 5.91 Å². The number of amides is 1. The van der Waals surface area contributed by atoms with Crippen LogP contribution < -0.4 is 0 Å². The molecule has 0 saturated carbocycles. The van der Waals surface area contributed by atoms with E-state index in [1.807, 2.05) is 4.90 Å². The van der Waals surface area contributed by atoms with E-state index < -0.39 is 0 Å². The largest absolute Gasteiger partial charge is 0.337 e. The maximum absolute atomic E-state index is 12.3. The molecule has 98 valence electrons. The van der Waals surface area contributed by atoms with Gasteiger partial charge in [-0.15, -0.1) is 0 Å². The SMILES string of the molecule is CCN1CCCN(C(=O)c2ccc(Cl)cc2)CC1. The Balaban J connectivity index is 2.02. The van der Waals surface area contributed by atoms with Crippen LogP contribution >= 0.6 is 11.6 Å². The topological polar surface area (TPSA) is 23.6 Å². The van der Waals surface area contributed by atoms with Crippen molar-refractivity contribution >= 4 is 17.5 Å². The Kier molecular flexibility index (Phi) is 4.61. The number of halogens is 1. The first-order chi connectivity index (χ1) is 8.70. The molecule has 3 nitrogen and oxygen atoms in total. The second kappa shape index (κ2) is 6.21. The highest BCUT2D eigenvalue weighted by Crippen LogP contribution is 2.13. The van der Waals surface area contributed by atoms with Gasteiger partial charge in [-0.2, -0.15) is 0 Å². The monoisotopic (exact) mass is 266 g/mol. The predicted molar refractivity (Wildman–Crippen MR) is 74.1 cm³/mol. The Bertz CT molecular complexity index is 405. The summed E-state index contributed by atoms with van der Waals surface area (Å²) >= 11 is 5.83. The molecule has 1 fully saturated rings. The molecular formula is C14H19ClN2O. The average molecular weight is 267 g/mol. The van der Waals surface area contributed by atoms with Gasteiger partial charge in [0.1, 0.15) is 0 Å². The van der Waals surface area contributed by atoms with Crippen LogP contribution in [-0.2, 0) is 0 Å². The van der Waals surface area contributed by atoms with Crippen LogP contribution in [0.15, 0.2) is 24.3 Å². The molecule has 0 spiro atoms. The Labute approximate surface area is 113 Å². The molecule has 1 heterocycles. The van der Waals surface area contributed by atoms with Crippen LogP contribution in [-0.4, -0.2) is 48.4 Å². The van der Waals surface area contributed by atoms with E-state index in [9.17, 15) is 4.79 Å². The molecule has 0 aliphatic carbocycles. The van der Waals surface area contributed by atoms with Gasteiger partial charge in [-0.05, 0) is 43.8 Å². The zero-order valence-corrected chi connectivity index (χ0v) is 11.5. The maximum atomic E-state index is 12.3. The molecule has 1 aliphatic rings. The highest BCUT2D eigenvalue weighted by Gasteiger charge is 2.19. The molecule has 0 unspecified atom stereocenters. The number of benzene rings is 1. The fourth-order valence-electron chi connectivity index (χ4n) is 2.27. The molecule has 0 atom stereocenters. The van der Waals surface area contributed by atoms with Gasteiger partial charge >= 0.3 is 0 Å². The smallest absolute Gasteiger partial charge is 0.253 e. The van der Waals surface area contributed by atoms with Gasteiger partial charge in [-0.25, -0.2) is 0 Å². The van der Waals surface area contributed by atoms with Crippen LogP contribution in [0.2, 0.25) is 5.02 Å². The lowest BCUT2D eigenvalue weighted by Crippen LogP contribution is -2.35. The highest BCUT2D eigenvalue weighted by molar-refractivity contribution is 6.30. The summed E-state index contributed by atoms with van der Waals surface area (Å²) in [4.78, 5) is 16.7. The van der Waals surface area contributed by atoms with Crippen molar-refractivity contribution in [3.05, 3.63) is 34.9 Å². The zero-order chi connectivity index (χ0) is 13.0. The van der Waals surface area contributed by atoms with E-state index in [2.05, 4.69) is 11.8 Å². The maximum Gasteiger partial charge on any atom is 0.253 e. The van der Waals surface area contributed by atoms with Crippen molar-refractivity contribution in [3.63, 3.8) is 0 Å². The molecule has 1 aromatic rings. The van der Waals surface area contributed by atoms with Crippen LogP contribution in [0.1, 0.15) is 23.7 Å². The number of hydrogen-bond donors (Lipinski definition) is 0. The minimum absolute atomic E-state index is 0.115. The van der Waals surface area contributed by atoms with Crippen LogP contribution in [0.25, 0.3) is 0 Å². The van der Waals surface area contributed by atoms with Crippen LogP contribution in [0.4, 0.5) is 0 Å². The summed E-state index contributed by atoms with van der Waals surface area (Å²) in [6, 6.07) is 7.14. The van der Waals surface area contributed by atoms with Gasteiger partial charge in [0.05, 0.1) is 0 Å². The van der Waals surface area contributed by atoms with Crippen molar-refractivity contribution in [3.8, 4) is 0 Å². The normalized spacial score (nSPS) is 17.6. The van der Waals surface area contributed by atoms with Gasteiger partial charge in [-0.3, -0.25) is 4.79 Å². The summed E-state index contributed by atoms with van der Waals surface area (Å²) in [7, 11) is 0. The van der Waals surface area contributed by atoms with Gasteiger partial charge in [0, 0.05) is 30.2 Å². The lowest BCUT2D eigenvalue weighted by atomic mass is 10.2. The van der Waals surface area contributed by atoms with Crippen molar-refractivity contribution in [2.75, 3.05) is 32.7 Å². The molecule has 18 heavy (non-hydrogen) atoms. The summed E-state index contributed by atoms with van der Waals surface area (Å²) < 4.78 is 0. The molecule has 1 saturated heterocycles. The Morgan fingerprint density at radius 2 is 1.89 bits per heavy atom. The van der Waals surface area contributed by atoms with Crippen molar-refractivity contribution in [2.24, 2.45) is 0 Å². The first-order valence-electron chi connectivity index (χ1n) is 6.48. The van der Waals surface area contributed by atoms with Gasteiger partial charge in [0.2, 0.25) is 0 Å². The average Bonchev–Trinajstić information content (AvgIpc) is 2.64. The van der Waals surface area contributed by atoms with Crippen molar-refractivity contribution < 1.29 is 4.79 Å². The lowest BCUT2D eigenvalue weighted by Gasteiger charge is -2.21. The first kappa shape index (κ1) is 13.4. The summed E-state index contributed by atoms with van der Waals surface area (Å²) in [5.41, 5.74) is 0.726. The van der Waals surface area contributed by atoms with E-state index in [1.54, 1.807) is 24.3 Å². The van der Waals surface area contributed by atoms with Crippen LogP contribution in [0.5, 0.6) is 0 Å². The van der Waals surface area contributed by atoms with E-state index in [0.29, 0.717) is 5.02 Å². The minimum atomic E-state index is 0.115. The molecule has 1 aliphatic heterocycles. The van der Waals surface area contributed by atoms with Gasteiger partial charge in [0.25, 0.3) is 5.91 Å². The highest BCUT2D eigenvalue weighted by atomic mass is 35.5. The molecule has 0 bridgehead atoms. The third-order valence-corrected chi connectivity index (χ3v) is 3.67. The van der Waals surface area contributed by atoms with Crippen molar-refractivity contribution in [2.45, 2.75) is 13.3 Å². The molecule has 0 N–H and O–H groups in total. The summed E-state index contributed by atoms with van der Waals surface area (Å²) in [6.07, 6.45) is 1.05. The quantitative estimate of drug-likeness (QED) is 0.821.